The van der Waals surface area contributed by atoms with Crippen molar-refractivity contribution in [2.45, 2.75) is 72.2 Å². The van der Waals surface area contributed by atoms with E-state index in [1.54, 1.807) is 0 Å². The molecule has 0 aliphatic carbocycles. The third kappa shape index (κ3) is 5.85. The first-order valence-corrected chi connectivity index (χ1v) is 10.3. The van der Waals surface area contributed by atoms with E-state index in [-0.39, 0.29) is 6.54 Å². The van der Waals surface area contributed by atoms with Gasteiger partial charge in [0.1, 0.15) is 5.60 Å². The number of hydrogen-bond acceptors (Lipinski definition) is 4. The molecule has 1 aromatic carbocycles. The van der Waals surface area contributed by atoms with Gasteiger partial charge in [-0.25, -0.2) is 4.79 Å². The first kappa shape index (κ1) is 23.0. The van der Waals surface area contributed by atoms with Gasteiger partial charge in [0.25, 0.3) is 0 Å². The quantitative estimate of drug-likeness (QED) is 0.631. The van der Waals surface area contributed by atoms with Crippen LogP contribution in [0.3, 0.4) is 0 Å². The van der Waals surface area contributed by atoms with Crippen LogP contribution in [0.2, 0.25) is 0 Å². The van der Waals surface area contributed by atoms with Crippen LogP contribution in [-0.2, 0) is 14.0 Å². The highest BCUT2D eigenvalue weighted by atomic mass is 79.9. The number of amides is 1. The summed E-state index contributed by atoms with van der Waals surface area (Å²) in [5.74, 6) is 0. The summed E-state index contributed by atoms with van der Waals surface area (Å²) in [7, 11) is -0.552. The van der Waals surface area contributed by atoms with E-state index < -0.39 is 30.0 Å². The molecule has 7 heteroatoms. The van der Waals surface area contributed by atoms with Gasteiger partial charge in [0.15, 0.2) is 0 Å². The SMILES string of the molecule is Cc1cc(C=C(CNC(=O)OC(C)(C)C)B2OC(C)(C)C(C)(C)O2)ccc1Br. The Hall–Kier alpha value is -1.31. The van der Waals surface area contributed by atoms with Crippen LogP contribution in [-0.4, -0.2) is 36.6 Å². The van der Waals surface area contributed by atoms with Gasteiger partial charge in [-0.3, -0.25) is 0 Å². The van der Waals surface area contributed by atoms with Crippen molar-refractivity contribution in [1.82, 2.24) is 5.32 Å². The third-order valence-corrected chi connectivity index (χ3v) is 5.82. The average molecular weight is 452 g/mol. The molecular formula is C21H31BBrNO4. The Labute approximate surface area is 177 Å². The maximum absolute atomic E-state index is 12.1. The monoisotopic (exact) mass is 451 g/mol. The molecule has 0 unspecified atom stereocenters. The van der Waals surface area contributed by atoms with Crippen molar-refractivity contribution in [2.24, 2.45) is 0 Å². The summed E-state index contributed by atoms with van der Waals surface area (Å²) >= 11 is 3.53. The lowest BCUT2D eigenvalue weighted by atomic mass is 9.77. The predicted molar refractivity (Wildman–Crippen MR) is 117 cm³/mol. The lowest BCUT2D eigenvalue weighted by Gasteiger charge is -2.32. The molecule has 28 heavy (non-hydrogen) atoms. The smallest absolute Gasteiger partial charge is 0.444 e. The minimum atomic E-state index is -0.554. The largest absolute Gasteiger partial charge is 0.492 e. The number of rotatable bonds is 4. The van der Waals surface area contributed by atoms with Gasteiger partial charge < -0.3 is 19.4 Å². The number of hydrogen-bond donors (Lipinski definition) is 1. The molecule has 1 aliphatic rings. The summed E-state index contributed by atoms with van der Waals surface area (Å²) in [6.45, 7) is 15.8. The average Bonchev–Trinajstić information content (AvgIpc) is 2.73. The summed E-state index contributed by atoms with van der Waals surface area (Å²) in [6.07, 6.45) is 1.53. The summed E-state index contributed by atoms with van der Waals surface area (Å²) < 4.78 is 18.8. The fraction of sp³-hybridized carbons (Fsp3) is 0.571. The van der Waals surface area contributed by atoms with E-state index in [9.17, 15) is 4.79 Å². The highest BCUT2D eigenvalue weighted by Crippen LogP contribution is 2.38. The number of aryl methyl sites for hydroxylation is 1. The number of nitrogens with one attached hydrogen (secondary N) is 1. The zero-order valence-corrected chi connectivity index (χ0v) is 19.7. The van der Waals surface area contributed by atoms with Gasteiger partial charge in [-0.15, -0.1) is 0 Å². The van der Waals surface area contributed by atoms with Gasteiger partial charge in [0.2, 0.25) is 0 Å². The van der Waals surface area contributed by atoms with E-state index in [0.717, 1.165) is 21.1 Å². The highest BCUT2D eigenvalue weighted by Gasteiger charge is 2.52. The molecule has 1 N–H and O–H groups in total. The number of alkyl carbamates (subject to hydrolysis) is 1. The maximum Gasteiger partial charge on any atom is 0.492 e. The topological polar surface area (TPSA) is 56.8 Å². The number of halogens is 1. The number of carbonyl (C=O) groups excluding carboxylic acids is 1. The minimum absolute atomic E-state index is 0.265. The van der Waals surface area contributed by atoms with Crippen molar-refractivity contribution < 1.29 is 18.8 Å². The third-order valence-electron chi connectivity index (χ3n) is 4.93. The Morgan fingerprint density at radius 3 is 2.29 bits per heavy atom. The van der Waals surface area contributed by atoms with Gasteiger partial charge in [0.05, 0.1) is 11.2 Å². The van der Waals surface area contributed by atoms with Crippen LogP contribution in [0.4, 0.5) is 4.79 Å². The molecule has 154 valence electrons. The van der Waals surface area contributed by atoms with Gasteiger partial charge >= 0.3 is 13.2 Å². The minimum Gasteiger partial charge on any atom is -0.444 e. The first-order chi connectivity index (χ1) is 12.7. The Kier molecular flexibility index (Phi) is 6.74. The van der Waals surface area contributed by atoms with Crippen LogP contribution in [0, 0.1) is 6.92 Å². The van der Waals surface area contributed by atoms with Crippen molar-refractivity contribution in [3.8, 4) is 0 Å². The zero-order valence-electron chi connectivity index (χ0n) is 18.1. The van der Waals surface area contributed by atoms with Crippen LogP contribution in [0.5, 0.6) is 0 Å². The van der Waals surface area contributed by atoms with E-state index in [1.165, 1.54) is 0 Å². The van der Waals surface area contributed by atoms with Crippen molar-refractivity contribution in [1.29, 1.82) is 0 Å². The summed E-state index contributed by atoms with van der Waals surface area (Å²) in [5, 5.41) is 2.82. The molecule has 1 amide bonds. The van der Waals surface area contributed by atoms with Gasteiger partial charge in [-0.1, -0.05) is 34.1 Å². The van der Waals surface area contributed by atoms with E-state index in [0.29, 0.717) is 0 Å². The van der Waals surface area contributed by atoms with E-state index >= 15 is 0 Å². The Bertz CT molecular complexity index is 752. The summed E-state index contributed by atoms with van der Waals surface area (Å²) in [6, 6.07) is 6.09. The zero-order chi connectivity index (χ0) is 21.3. The Balaban J connectivity index is 2.27. The van der Waals surface area contributed by atoms with Crippen LogP contribution >= 0.6 is 15.9 Å². The second-order valence-electron chi connectivity index (χ2n) is 9.17. The molecule has 0 spiro atoms. The first-order valence-electron chi connectivity index (χ1n) is 9.49. The van der Waals surface area contributed by atoms with Crippen molar-refractivity contribution in [3.63, 3.8) is 0 Å². The van der Waals surface area contributed by atoms with Gasteiger partial charge in [-0.2, -0.15) is 0 Å². The van der Waals surface area contributed by atoms with Crippen LogP contribution in [0.15, 0.2) is 28.1 Å². The van der Waals surface area contributed by atoms with Crippen LogP contribution in [0.25, 0.3) is 6.08 Å². The summed E-state index contributed by atoms with van der Waals surface area (Å²) in [4.78, 5) is 12.1. The molecule has 2 rings (SSSR count). The molecule has 1 fully saturated rings. The van der Waals surface area contributed by atoms with Crippen LogP contribution < -0.4 is 5.32 Å². The molecule has 5 nitrogen and oxygen atoms in total. The lowest BCUT2D eigenvalue weighted by Crippen LogP contribution is -2.41. The number of carbonyl (C=O) groups is 1. The fourth-order valence-electron chi connectivity index (χ4n) is 2.66. The van der Waals surface area contributed by atoms with Crippen molar-refractivity contribution >= 4 is 35.2 Å². The molecule has 1 aliphatic heterocycles. The molecule has 0 bridgehead atoms. The number of ether oxygens (including phenoxy) is 1. The van der Waals surface area contributed by atoms with E-state index in [2.05, 4.69) is 27.3 Å². The Morgan fingerprint density at radius 1 is 1.21 bits per heavy atom. The standard InChI is InChI=1S/C21H31BBrNO4/c1-14-11-15(9-10-17(14)23)12-16(13-24-18(25)26-19(2,3)4)22-27-20(5,6)21(7,8)28-22/h9-12H,13H2,1-8H3,(H,24,25). The molecule has 1 aromatic rings. The van der Waals surface area contributed by atoms with Crippen LogP contribution in [0.1, 0.15) is 59.6 Å². The van der Waals surface area contributed by atoms with Crippen molar-refractivity contribution in [2.75, 3.05) is 6.54 Å². The molecule has 0 atom stereocenters. The highest BCUT2D eigenvalue weighted by molar-refractivity contribution is 9.10. The fourth-order valence-corrected chi connectivity index (χ4v) is 2.90. The molecule has 1 heterocycles. The van der Waals surface area contributed by atoms with E-state index in [1.807, 2.05) is 73.6 Å². The Morgan fingerprint density at radius 2 is 1.79 bits per heavy atom. The number of benzene rings is 1. The van der Waals surface area contributed by atoms with Crippen molar-refractivity contribution in [3.05, 3.63) is 39.3 Å². The molecule has 0 saturated carbocycles. The summed E-state index contributed by atoms with van der Waals surface area (Å²) in [5.41, 5.74) is 1.49. The molecule has 1 saturated heterocycles. The second-order valence-corrected chi connectivity index (χ2v) is 10.0. The molecule has 0 radical (unpaired) electrons. The lowest BCUT2D eigenvalue weighted by molar-refractivity contribution is 0.00578. The predicted octanol–water partition coefficient (Wildman–Crippen LogP) is 5.30. The normalized spacial score (nSPS) is 18.9. The maximum atomic E-state index is 12.1. The molecular weight excluding hydrogens is 421 g/mol. The molecule has 0 aromatic heterocycles. The van der Waals surface area contributed by atoms with Gasteiger partial charge in [-0.05, 0) is 78.1 Å². The second kappa shape index (κ2) is 8.21. The van der Waals surface area contributed by atoms with Gasteiger partial charge in [0, 0.05) is 11.0 Å². The van der Waals surface area contributed by atoms with E-state index in [4.69, 9.17) is 14.0 Å².